The molecule has 27 heavy (non-hydrogen) atoms. The molecule has 1 aromatic rings. The van der Waals surface area contributed by atoms with Gasteiger partial charge in [-0.1, -0.05) is 0 Å². The lowest BCUT2D eigenvalue weighted by Gasteiger charge is -2.36. The van der Waals surface area contributed by atoms with Crippen LogP contribution in [0.4, 0.5) is 0 Å². The number of nitrogens with two attached hydrogens (primary N) is 1. The van der Waals surface area contributed by atoms with Crippen molar-refractivity contribution in [2.45, 2.75) is 36.6 Å². The maximum atomic E-state index is 12.8. The number of nitrogens with one attached hydrogen (secondary N) is 2. The highest BCUT2D eigenvalue weighted by atomic mass is 35.5. The summed E-state index contributed by atoms with van der Waals surface area (Å²) in [6.07, 6.45) is 2.99. The minimum Gasteiger partial charge on any atom is -0.354 e. The van der Waals surface area contributed by atoms with E-state index in [4.69, 9.17) is 5.73 Å². The third-order valence-electron chi connectivity index (χ3n) is 4.47. The predicted octanol–water partition coefficient (Wildman–Crippen LogP) is 0.476. The number of hydrogen-bond donors (Lipinski definition) is 3. The van der Waals surface area contributed by atoms with Crippen molar-refractivity contribution in [2.24, 2.45) is 5.73 Å². The summed E-state index contributed by atoms with van der Waals surface area (Å²) < 4.78 is 25.8. The largest absolute Gasteiger partial charge is 0.354 e. The third-order valence-corrected chi connectivity index (χ3v) is 5.90. The number of sulfonamides is 1. The summed E-state index contributed by atoms with van der Waals surface area (Å²) in [6, 6.07) is 5.80. The Kier molecular flexibility index (Phi) is 9.17. The number of piperidine rings is 1. The van der Waals surface area contributed by atoms with E-state index in [1.807, 2.05) is 0 Å². The van der Waals surface area contributed by atoms with Crippen molar-refractivity contribution < 1.29 is 18.0 Å². The van der Waals surface area contributed by atoms with Crippen molar-refractivity contribution in [1.29, 1.82) is 0 Å². The first kappa shape index (κ1) is 23.4. The van der Waals surface area contributed by atoms with Crippen LogP contribution in [0.25, 0.3) is 0 Å². The van der Waals surface area contributed by atoms with E-state index in [0.29, 0.717) is 25.2 Å². The second-order valence-corrected chi connectivity index (χ2v) is 8.11. The number of likely N-dealkylation sites (tertiary alicyclic amines) is 1. The third kappa shape index (κ3) is 6.17. The standard InChI is InChI=1S/C17H26N4O4S.ClH/c1-19-26(24,25)15-7-5-13(6-8-15)17(23)21-11-3-2-4-14(21)12-20-16(22)9-10-18;/h5-8,14,19H,2-4,9-12,18H2,1H3,(H,20,22);1H. The molecule has 1 aromatic carbocycles. The molecule has 1 fully saturated rings. The Hall–Kier alpha value is -1.68. The van der Waals surface area contributed by atoms with Gasteiger partial charge in [0.2, 0.25) is 15.9 Å². The number of carbonyl (C=O) groups is 2. The fourth-order valence-corrected chi connectivity index (χ4v) is 3.72. The molecule has 2 amide bonds. The lowest BCUT2D eigenvalue weighted by molar-refractivity contribution is -0.121. The molecule has 1 heterocycles. The molecule has 1 unspecified atom stereocenters. The highest BCUT2D eigenvalue weighted by Gasteiger charge is 2.28. The van der Waals surface area contributed by atoms with Crippen LogP contribution in [0.1, 0.15) is 36.0 Å². The maximum Gasteiger partial charge on any atom is 0.254 e. The summed E-state index contributed by atoms with van der Waals surface area (Å²) in [5.41, 5.74) is 5.80. The van der Waals surface area contributed by atoms with Crippen molar-refractivity contribution >= 4 is 34.2 Å². The van der Waals surface area contributed by atoms with Gasteiger partial charge in [0.1, 0.15) is 0 Å². The van der Waals surface area contributed by atoms with E-state index in [9.17, 15) is 18.0 Å². The second kappa shape index (κ2) is 10.6. The van der Waals surface area contributed by atoms with E-state index in [1.165, 1.54) is 31.3 Å². The highest BCUT2D eigenvalue weighted by molar-refractivity contribution is 7.89. The van der Waals surface area contributed by atoms with Crippen LogP contribution in [0.5, 0.6) is 0 Å². The van der Waals surface area contributed by atoms with Gasteiger partial charge in [-0.05, 0) is 50.6 Å². The summed E-state index contributed by atoms with van der Waals surface area (Å²) in [6.45, 7) is 1.31. The molecule has 0 aromatic heterocycles. The van der Waals surface area contributed by atoms with Gasteiger partial charge in [-0.15, -0.1) is 12.4 Å². The number of hydrogen-bond acceptors (Lipinski definition) is 5. The first-order valence-corrected chi connectivity index (χ1v) is 10.2. The van der Waals surface area contributed by atoms with Crippen LogP contribution >= 0.6 is 12.4 Å². The van der Waals surface area contributed by atoms with Crippen molar-refractivity contribution in [1.82, 2.24) is 14.9 Å². The van der Waals surface area contributed by atoms with Crippen LogP contribution in [-0.4, -0.2) is 57.9 Å². The van der Waals surface area contributed by atoms with Crippen molar-refractivity contribution in [3.63, 3.8) is 0 Å². The molecule has 0 radical (unpaired) electrons. The van der Waals surface area contributed by atoms with Crippen molar-refractivity contribution in [3.8, 4) is 0 Å². The summed E-state index contributed by atoms with van der Waals surface area (Å²) in [4.78, 5) is 26.3. The van der Waals surface area contributed by atoms with Gasteiger partial charge in [0, 0.05) is 37.7 Å². The topological polar surface area (TPSA) is 122 Å². The summed E-state index contributed by atoms with van der Waals surface area (Å²) in [5.74, 6) is -0.275. The zero-order chi connectivity index (χ0) is 19.2. The number of nitrogens with zero attached hydrogens (tertiary/aromatic N) is 1. The van der Waals surface area contributed by atoms with Crippen molar-refractivity contribution in [3.05, 3.63) is 29.8 Å². The van der Waals surface area contributed by atoms with E-state index in [2.05, 4.69) is 10.0 Å². The Balaban J connectivity index is 0.00000364. The lowest BCUT2D eigenvalue weighted by atomic mass is 10.0. The Bertz CT molecular complexity index is 740. The van der Waals surface area contributed by atoms with Gasteiger partial charge in [0.15, 0.2) is 0 Å². The fraction of sp³-hybridized carbons (Fsp3) is 0.529. The van der Waals surface area contributed by atoms with Gasteiger partial charge in [-0.3, -0.25) is 9.59 Å². The Morgan fingerprint density at radius 1 is 1.22 bits per heavy atom. The summed E-state index contributed by atoms with van der Waals surface area (Å²) >= 11 is 0. The fourth-order valence-electron chi connectivity index (χ4n) is 2.99. The molecular formula is C17H27ClN4O4S. The smallest absolute Gasteiger partial charge is 0.254 e. The molecule has 8 nitrogen and oxygen atoms in total. The zero-order valence-corrected chi connectivity index (χ0v) is 16.9. The molecule has 1 saturated heterocycles. The zero-order valence-electron chi connectivity index (χ0n) is 15.3. The highest BCUT2D eigenvalue weighted by Crippen LogP contribution is 2.20. The Labute approximate surface area is 166 Å². The number of amides is 2. The molecule has 2 rings (SSSR count). The monoisotopic (exact) mass is 418 g/mol. The molecule has 0 bridgehead atoms. The molecule has 4 N–H and O–H groups in total. The Morgan fingerprint density at radius 3 is 2.48 bits per heavy atom. The minimum absolute atomic E-state index is 0. The number of rotatable bonds is 7. The molecule has 152 valence electrons. The van der Waals surface area contributed by atoms with E-state index >= 15 is 0 Å². The van der Waals surface area contributed by atoms with Gasteiger partial charge >= 0.3 is 0 Å². The number of carbonyl (C=O) groups excluding carboxylic acids is 2. The first-order valence-electron chi connectivity index (χ1n) is 8.70. The second-order valence-electron chi connectivity index (χ2n) is 6.22. The van der Waals surface area contributed by atoms with Crippen LogP contribution in [0.15, 0.2) is 29.2 Å². The molecule has 1 aliphatic heterocycles. The Morgan fingerprint density at radius 2 is 1.89 bits per heavy atom. The van der Waals surface area contributed by atoms with E-state index in [-0.39, 0.29) is 41.6 Å². The predicted molar refractivity (Wildman–Crippen MR) is 105 cm³/mol. The quantitative estimate of drug-likeness (QED) is 0.594. The van der Waals surface area contributed by atoms with Gasteiger partial charge in [-0.2, -0.15) is 0 Å². The number of benzene rings is 1. The average Bonchev–Trinajstić information content (AvgIpc) is 2.66. The van der Waals surface area contributed by atoms with Crippen LogP contribution in [0.3, 0.4) is 0 Å². The van der Waals surface area contributed by atoms with Crippen LogP contribution in [0.2, 0.25) is 0 Å². The van der Waals surface area contributed by atoms with Gasteiger partial charge in [-0.25, -0.2) is 13.1 Å². The van der Waals surface area contributed by atoms with Crippen LogP contribution in [-0.2, 0) is 14.8 Å². The lowest BCUT2D eigenvalue weighted by Crippen LogP contribution is -2.49. The summed E-state index contributed by atoms with van der Waals surface area (Å²) in [7, 11) is -2.19. The normalized spacial score (nSPS) is 17.1. The van der Waals surface area contributed by atoms with E-state index in [0.717, 1.165) is 19.3 Å². The molecular weight excluding hydrogens is 392 g/mol. The minimum atomic E-state index is -3.53. The SMILES string of the molecule is CNS(=O)(=O)c1ccc(C(=O)N2CCCCC2CNC(=O)CCN)cc1.Cl. The molecule has 10 heteroatoms. The maximum absolute atomic E-state index is 12.8. The van der Waals surface area contributed by atoms with Crippen LogP contribution < -0.4 is 15.8 Å². The van der Waals surface area contributed by atoms with Gasteiger partial charge in [0.05, 0.1) is 4.90 Å². The molecule has 1 aliphatic rings. The molecule has 0 aliphatic carbocycles. The molecule has 0 saturated carbocycles. The van der Waals surface area contributed by atoms with E-state index < -0.39 is 10.0 Å². The average molecular weight is 419 g/mol. The van der Waals surface area contributed by atoms with Gasteiger partial charge in [0.25, 0.3) is 5.91 Å². The molecule has 0 spiro atoms. The van der Waals surface area contributed by atoms with E-state index in [1.54, 1.807) is 4.90 Å². The van der Waals surface area contributed by atoms with Crippen molar-refractivity contribution in [2.75, 3.05) is 26.7 Å². The summed E-state index contributed by atoms with van der Waals surface area (Å²) in [5, 5.41) is 2.83. The first-order chi connectivity index (χ1) is 12.4. The molecule has 1 atom stereocenters. The number of halogens is 1. The van der Waals surface area contributed by atoms with Gasteiger partial charge < -0.3 is 16.0 Å². The van der Waals surface area contributed by atoms with Crippen LogP contribution in [0, 0.1) is 0 Å².